The summed E-state index contributed by atoms with van der Waals surface area (Å²) < 4.78 is 32.0. The molecule has 2 aromatic rings. The number of piperazine rings is 1. The molecule has 1 fully saturated rings. The van der Waals surface area contributed by atoms with E-state index in [0.717, 1.165) is 0 Å². The second kappa shape index (κ2) is 9.43. The molecule has 0 unspecified atom stereocenters. The molecule has 1 saturated heterocycles. The highest BCUT2D eigenvalue weighted by atomic mass is 32.2. The van der Waals surface area contributed by atoms with Crippen molar-refractivity contribution in [3.05, 3.63) is 66.4 Å². The number of nitrogens with one attached hydrogen (secondary N) is 1. The van der Waals surface area contributed by atoms with Crippen LogP contribution in [0.2, 0.25) is 0 Å². The third-order valence-corrected chi connectivity index (χ3v) is 6.60. The number of methoxy groups -OCH3 is 1. The number of hydrogen-bond donors (Lipinski definition) is 1. The van der Waals surface area contributed by atoms with Crippen molar-refractivity contribution in [2.45, 2.75) is 4.90 Å². The van der Waals surface area contributed by atoms with Crippen LogP contribution in [-0.2, 0) is 14.8 Å². The molecular formula is C21H22N4O4S. The molecule has 0 bridgehead atoms. The van der Waals surface area contributed by atoms with E-state index in [4.69, 9.17) is 4.74 Å². The minimum absolute atomic E-state index is 0.0692. The van der Waals surface area contributed by atoms with Crippen molar-refractivity contribution in [1.29, 1.82) is 5.26 Å². The van der Waals surface area contributed by atoms with Crippen LogP contribution in [0, 0.1) is 11.3 Å². The second-order valence-electron chi connectivity index (χ2n) is 6.56. The Kier molecular flexibility index (Phi) is 6.72. The molecule has 1 aliphatic heterocycles. The van der Waals surface area contributed by atoms with Crippen molar-refractivity contribution in [3.63, 3.8) is 0 Å². The Balaban J connectivity index is 1.66. The summed E-state index contributed by atoms with van der Waals surface area (Å²) in [6.45, 7) is 1.28. The Hall–Kier alpha value is -3.35. The van der Waals surface area contributed by atoms with Gasteiger partial charge in [0.15, 0.2) is 0 Å². The summed E-state index contributed by atoms with van der Waals surface area (Å²) in [6.07, 6.45) is 1.47. The van der Waals surface area contributed by atoms with E-state index in [1.54, 1.807) is 59.5 Å². The van der Waals surface area contributed by atoms with E-state index in [0.29, 0.717) is 24.5 Å². The standard InChI is InChI=1S/C21H22N4O4S/c1-29-20-10-6-5-9-19(20)23-21(26)17(15-22)16-24-11-13-25(14-12-24)30(27,28)18-7-3-2-4-8-18/h2-10,16H,11-14H2,1H3,(H,23,26)/b17-16-. The summed E-state index contributed by atoms with van der Waals surface area (Å²) in [4.78, 5) is 14.5. The highest BCUT2D eigenvalue weighted by Gasteiger charge is 2.28. The molecule has 9 heteroatoms. The fourth-order valence-electron chi connectivity index (χ4n) is 3.07. The maximum Gasteiger partial charge on any atom is 0.267 e. The smallest absolute Gasteiger partial charge is 0.267 e. The lowest BCUT2D eigenvalue weighted by molar-refractivity contribution is -0.112. The van der Waals surface area contributed by atoms with Crippen molar-refractivity contribution in [1.82, 2.24) is 9.21 Å². The molecule has 0 saturated carbocycles. The Morgan fingerprint density at radius 1 is 1.07 bits per heavy atom. The van der Waals surface area contributed by atoms with Gasteiger partial charge in [-0.1, -0.05) is 30.3 Å². The number of sulfonamides is 1. The van der Waals surface area contributed by atoms with Gasteiger partial charge >= 0.3 is 0 Å². The van der Waals surface area contributed by atoms with Crippen LogP contribution in [0.1, 0.15) is 0 Å². The molecule has 1 heterocycles. The van der Waals surface area contributed by atoms with Gasteiger partial charge in [0.05, 0.1) is 17.7 Å². The first-order chi connectivity index (χ1) is 14.5. The highest BCUT2D eigenvalue weighted by molar-refractivity contribution is 7.89. The average molecular weight is 426 g/mol. The monoisotopic (exact) mass is 426 g/mol. The molecule has 0 atom stereocenters. The van der Waals surface area contributed by atoms with Crippen molar-refractivity contribution < 1.29 is 17.9 Å². The molecule has 30 heavy (non-hydrogen) atoms. The average Bonchev–Trinajstić information content (AvgIpc) is 2.78. The van der Waals surface area contributed by atoms with E-state index in [1.165, 1.54) is 17.6 Å². The first-order valence-electron chi connectivity index (χ1n) is 9.31. The quantitative estimate of drug-likeness (QED) is 0.560. The molecule has 2 aromatic carbocycles. The largest absolute Gasteiger partial charge is 0.495 e. The van der Waals surface area contributed by atoms with Crippen LogP contribution in [0.5, 0.6) is 5.75 Å². The molecule has 0 spiro atoms. The molecule has 8 nitrogen and oxygen atoms in total. The number of anilines is 1. The highest BCUT2D eigenvalue weighted by Crippen LogP contribution is 2.23. The SMILES string of the molecule is COc1ccccc1NC(=O)/C(C#N)=C\N1CCN(S(=O)(=O)c2ccccc2)CC1. The van der Waals surface area contributed by atoms with Gasteiger partial charge in [-0.15, -0.1) is 0 Å². The maximum atomic E-state index is 12.7. The van der Waals surface area contributed by atoms with Crippen molar-refractivity contribution in [3.8, 4) is 11.8 Å². The molecule has 1 amide bonds. The van der Waals surface area contributed by atoms with Gasteiger partial charge in [-0.2, -0.15) is 9.57 Å². The normalized spacial score (nSPS) is 15.3. The fourth-order valence-corrected chi connectivity index (χ4v) is 4.52. The Bertz CT molecular complexity index is 1070. The zero-order valence-corrected chi connectivity index (χ0v) is 17.3. The van der Waals surface area contributed by atoms with E-state index < -0.39 is 15.9 Å². The summed E-state index contributed by atoms with van der Waals surface area (Å²) in [5.74, 6) is -0.0655. The van der Waals surface area contributed by atoms with Crippen LogP contribution in [0.15, 0.2) is 71.3 Å². The van der Waals surface area contributed by atoms with E-state index in [2.05, 4.69) is 5.32 Å². The van der Waals surface area contributed by atoms with Crippen LogP contribution in [0.3, 0.4) is 0 Å². The van der Waals surface area contributed by atoms with Crippen LogP contribution >= 0.6 is 0 Å². The molecule has 1 N–H and O–H groups in total. The first-order valence-corrected chi connectivity index (χ1v) is 10.8. The third kappa shape index (κ3) is 4.79. The van der Waals surface area contributed by atoms with Crippen molar-refractivity contribution >= 4 is 21.6 Å². The lowest BCUT2D eigenvalue weighted by Gasteiger charge is -2.33. The number of carbonyl (C=O) groups is 1. The Morgan fingerprint density at radius 3 is 2.33 bits per heavy atom. The van der Waals surface area contributed by atoms with Crippen molar-refractivity contribution in [2.75, 3.05) is 38.6 Å². The molecular weight excluding hydrogens is 404 g/mol. The zero-order valence-electron chi connectivity index (χ0n) is 16.5. The van der Waals surface area contributed by atoms with Gasteiger partial charge in [0, 0.05) is 32.4 Å². The summed E-state index contributed by atoms with van der Waals surface area (Å²) in [7, 11) is -2.06. The minimum atomic E-state index is -3.56. The predicted molar refractivity (Wildman–Crippen MR) is 112 cm³/mol. The molecule has 156 valence electrons. The van der Waals surface area contributed by atoms with Crippen LogP contribution in [0.25, 0.3) is 0 Å². The minimum Gasteiger partial charge on any atom is -0.495 e. The lowest BCUT2D eigenvalue weighted by Crippen LogP contribution is -2.46. The third-order valence-electron chi connectivity index (χ3n) is 4.69. The number of nitrogens with zero attached hydrogens (tertiary/aromatic N) is 3. The van der Waals surface area contributed by atoms with Gasteiger partial charge < -0.3 is 15.0 Å². The molecule has 3 rings (SSSR count). The van der Waals surface area contributed by atoms with Gasteiger partial charge in [0.2, 0.25) is 10.0 Å². The molecule has 0 radical (unpaired) electrons. The lowest BCUT2D eigenvalue weighted by atomic mass is 10.2. The molecule has 0 aromatic heterocycles. The van der Waals surface area contributed by atoms with Gasteiger partial charge in [-0.25, -0.2) is 8.42 Å². The Morgan fingerprint density at radius 2 is 1.70 bits per heavy atom. The Labute approximate surface area is 176 Å². The van der Waals surface area contributed by atoms with Crippen LogP contribution in [-0.4, -0.2) is 56.8 Å². The van der Waals surface area contributed by atoms with Gasteiger partial charge in [-0.05, 0) is 24.3 Å². The van der Waals surface area contributed by atoms with E-state index in [1.807, 2.05) is 6.07 Å². The van der Waals surface area contributed by atoms with Gasteiger partial charge in [-0.3, -0.25) is 4.79 Å². The van der Waals surface area contributed by atoms with Crippen molar-refractivity contribution in [2.24, 2.45) is 0 Å². The van der Waals surface area contributed by atoms with Crippen LogP contribution in [0.4, 0.5) is 5.69 Å². The second-order valence-corrected chi connectivity index (χ2v) is 8.50. The number of rotatable bonds is 6. The topological polar surface area (TPSA) is 103 Å². The van der Waals surface area contributed by atoms with Gasteiger partial charge in [0.1, 0.15) is 17.4 Å². The number of nitriles is 1. The fraction of sp³-hybridized carbons (Fsp3) is 0.238. The number of hydrogen-bond acceptors (Lipinski definition) is 6. The van der Waals surface area contributed by atoms with E-state index >= 15 is 0 Å². The summed E-state index contributed by atoms with van der Waals surface area (Å²) >= 11 is 0. The zero-order chi connectivity index (χ0) is 21.6. The van der Waals surface area contributed by atoms with Crippen LogP contribution < -0.4 is 10.1 Å². The van der Waals surface area contributed by atoms with E-state index in [-0.39, 0.29) is 23.6 Å². The first kappa shape index (κ1) is 21.4. The maximum absolute atomic E-state index is 12.7. The molecule has 1 aliphatic rings. The number of para-hydroxylation sites is 2. The van der Waals surface area contributed by atoms with E-state index in [9.17, 15) is 18.5 Å². The summed E-state index contributed by atoms with van der Waals surface area (Å²) in [5.41, 5.74) is 0.394. The number of amides is 1. The number of carbonyl (C=O) groups excluding carboxylic acids is 1. The van der Waals surface area contributed by atoms with Gasteiger partial charge in [0.25, 0.3) is 5.91 Å². The summed E-state index contributed by atoms with van der Waals surface area (Å²) in [5, 5.41) is 12.1. The molecule has 0 aliphatic carbocycles. The number of ether oxygens (including phenoxy) is 1. The summed E-state index contributed by atoms with van der Waals surface area (Å²) in [6, 6.07) is 17.1. The predicted octanol–water partition coefficient (Wildman–Crippen LogP) is 2.05. The number of benzene rings is 2.